The molecule has 0 unspecified atom stereocenters. The zero-order valence-corrected chi connectivity index (χ0v) is 13.5. The number of hydrogen-bond donors (Lipinski definition) is 1. The van der Waals surface area contributed by atoms with E-state index in [9.17, 15) is 8.78 Å². The summed E-state index contributed by atoms with van der Waals surface area (Å²) < 4.78 is 32.2. The lowest BCUT2D eigenvalue weighted by atomic mass is 10.2. The first-order valence-corrected chi connectivity index (χ1v) is 7.88. The highest BCUT2D eigenvalue weighted by Crippen LogP contribution is 2.28. The molecule has 0 amide bonds. The third-order valence-electron chi connectivity index (χ3n) is 3.74. The largest absolute Gasteiger partial charge is 0.457 e. The van der Waals surface area contributed by atoms with E-state index in [0.29, 0.717) is 11.4 Å². The van der Waals surface area contributed by atoms with Crippen LogP contribution < -0.4 is 4.74 Å². The molecule has 1 N–H and O–H groups in total. The van der Waals surface area contributed by atoms with Crippen LogP contribution in [0.5, 0.6) is 11.5 Å². The minimum absolute atomic E-state index is 0.0934. The number of pyridine rings is 1. The van der Waals surface area contributed by atoms with Crippen molar-refractivity contribution in [2.45, 2.75) is 0 Å². The van der Waals surface area contributed by atoms with Gasteiger partial charge in [0, 0.05) is 29.8 Å². The molecule has 0 saturated heterocycles. The molecule has 0 atom stereocenters. The lowest BCUT2D eigenvalue weighted by molar-refractivity contribution is 0.469. The van der Waals surface area contributed by atoms with Crippen LogP contribution in [0.1, 0.15) is 11.4 Å². The summed E-state index contributed by atoms with van der Waals surface area (Å²) in [5, 5.41) is 8.03. The monoisotopic (exact) mass is 349 g/mol. The molecule has 6 heteroatoms. The number of halogens is 2. The molecule has 0 spiro atoms. The molecular formula is C20H13F2N3O. The maximum absolute atomic E-state index is 13.3. The average molecular weight is 349 g/mol. The second-order valence-corrected chi connectivity index (χ2v) is 5.61. The molecule has 4 aromatic rings. The van der Waals surface area contributed by atoms with Crippen molar-refractivity contribution < 1.29 is 13.5 Å². The van der Waals surface area contributed by atoms with E-state index < -0.39 is 11.6 Å². The van der Waals surface area contributed by atoms with Crippen molar-refractivity contribution >= 4 is 23.1 Å². The van der Waals surface area contributed by atoms with Gasteiger partial charge in [-0.15, -0.1) is 0 Å². The first-order chi connectivity index (χ1) is 12.7. The molecule has 4 nitrogen and oxygen atoms in total. The van der Waals surface area contributed by atoms with Crippen LogP contribution in [0, 0.1) is 11.6 Å². The second-order valence-electron chi connectivity index (χ2n) is 5.61. The Bertz CT molecular complexity index is 1070. The van der Waals surface area contributed by atoms with Crippen LogP contribution in [0.3, 0.4) is 0 Å². The molecule has 0 bridgehead atoms. The maximum atomic E-state index is 13.3. The van der Waals surface area contributed by atoms with Gasteiger partial charge in [-0.2, -0.15) is 5.10 Å². The summed E-state index contributed by atoms with van der Waals surface area (Å²) in [6.07, 6.45) is 5.41. The molecule has 4 rings (SSSR count). The highest BCUT2D eigenvalue weighted by atomic mass is 19.1. The number of nitrogens with zero attached hydrogens (tertiary/aromatic N) is 2. The molecule has 0 aliphatic carbocycles. The third kappa shape index (κ3) is 3.44. The number of ether oxygens (including phenoxy) is 1. The Morgan fingerprint density at radius 2 is 1.73 bits per heavy atom. The molecule has 0 saturated carbocycles. The molecular weight excluding hydrogens is 336 g/mol. The van der Waals surface area contributed by atoms with Crippen molar-refractivity contribution in [2.24, 2.45) is 0 Å². The van der Waals surface area contributed by atoms with Crippen molar-refractivity contribution in [1.29, 1.82) is 0 Å². The molecule has 2 aromatic carbocycles. The van der Waals surface area contributed by atoms with E-state index in [1.807, 2.05) is 30.4 Å². The Hall–Kier alpha value is -3.54. The van der Waals surface area contributed by atoms with E-state index in [1.165, 1.54) is 0 Å². The fraction of sp³-hybridized carbons (Fsp3) is 0. The van der Waals surface area contributed by atoms with Gasteiger partial charge in [0.1, 0.15) is 23.1 Å². The van der Waals surface area contributed by atoms with Gasteiger partial charge in [-0.3, -0.25) is 10.1 Å². The number of rotatable bonds is 4. The first-order valence-electron chi connectivity index (χ1n) is 7.88. The summed E-state index contributed by atoms with van der Waals surface area (Å²) in [4.78, 5) is 4.23. The lowest BCUT2D eigenvalue weighted by Gasteiger charge is -2.06. The Morgan fingerprint density at radius 1 is 0.885 bits per heavy atom. The topological polar surface area (TPSA) is 50.8 Å². The zero-order chi connectivity index (χ0) is 17.9. The molecule has 2 heterocycles. The molecule has 26 heavy (non-hydrogen) atoms. The highest BCUT2D eigenvalue weighted by Gasteiger charge is 2.07. The number of nitrogens with one attached hydrogen (secondary N) is 1. The summed E-state index contributed by atoms with van der Waals surface area (Å²) in [5.41, 5.74) is 2.34. The standard InChI is InChI=1S/C20H13F2N3O/c21-13-9-14(22)11-17(10-13)26-16-5-7-20-18(12-16)19(24-25-20)6-4-15-3-1-2-8-23-15/h1-12H,(H,24,25). The number of benzene rings is 2. The Kier molecular flexibility index (Phi) is 4.15. The minimum Gasteiger partial charge on any atom is -0.457 e. The Labute approximate surface area is 147 Å². The predicted octanol–water partition coefficient (Wildman–Crippen LogP) is 5.20. The van der Waals surface area contributed by atoms with Gasteiger partial charge in [0.15, 0.2) is 0 Å². The van der Waals surface area contributed by atoms with Gasteiger partial charge in [0.2, 0.25) is 0 Å². The number of fused-ring (bicyclic) bond motifs is 1. The van der Waals surface area contributed by atoms with Gasteiger partial charge in [-0.25, -0.2) is 8.78 Å². The van der Waals surface area contributed by atoms with Crippen molar-refractivity contribution in [3.63, 3.8) is 0 Å². The van der Waals surface area contributed by atoms with Crippen molar-refractivity contribution in [2.75, 3.05) is 0 Å². The molecule has 0 fully saturated rings. The van der Waals surface area contributed by atoms with Crippen LogP contribution in [0.4, 0.5) is 8.78 Å². The first kappa shape index (κ1) is 16.0. The quantitative estimate of drug-likeness (QED) is 0.551. The highest BCUT2D eigenvalue weighted by molar-refractivity contribution is 5.90. The molecule has 0 aliphatic heterocycles. The van der Waals surface area contributed by atoms with E-state index in [4.69, 9.17) is 4.74 Å². The molecule has 0 radical (unpaired) electrons. The Morgan fingerprint density at radius 3 is 2.50 bits per heavy atom. The number of aromatic nitrogens is 3. The van der Waals surface area contributed by atoms with Gasteiger partial charge in [-0.1, -0.05) is 6.07 Å². The molecule has 128 valence electrons. The molecule has 2 aromatic heterocycles. The maximum Gasteiger partial charge on any atom is 0.133 e. The average Bonchev–Trinajstić information content (AvgIpc) is 3.02. The van der Waals surface area contributed by atoms with Gasteiger partial charge in [-0.05, 0) is 42.5 Å². The fourth-order valence-corrected chi connectivity index (χ4v) is 2.57. The summed E-state index contributed by atoms with van der Waals surface area (Å²) >= 11 is 0. The van der Waals surface area contributed by atoms with E-state index in [0.717, 1.165) is 34.8 Å². The van der Waals surface area contributed by atoms with Gasteiger partial charge in [0.25, 0.3) is 0 Å². The number of H-pyrrole nitrogens is 1. The van der Waals surface area contributed by atoms with E-state index in [2.05, 4.69) is 15.2 Å². The normalized spacial score (nSPS) is 11.3. The van der Waals surface area contributed by atoms with Crippen LogP contribution in [0.2, 0.25) is 0 Å². The number of hydrogen-bond acceptors (Lipinski definition) is 3. The van der Waals surface area contributed by atoms with E-state index >= 15 is 0 Å². The van der Waals surface area contributed by atoms with Gasteiger partial charge in [0.05, 0.1) is 16.9 Å². The SMILES string of the molecule is Fc1cc(F)cc(Oc2ccc3[nH]nc(C=Cc4ccccn4)c3c2)c1. The van der Waals surface area contributed by atoms with E-state index in [-0.39, 0.29) is 5.75 Å². The van der Waals surface area contributed by atoms with Crippen LogP contribution in [0.15, 0.2) is 60.8 Å². The smallest absolute Gasteiger partial charge is 0.133 e. The van der Waals surface area contributed by atoms with Crippen LogP contribution in [-0.2, 0) is 0 Å². The lowest BCUT2D eigenvalue weighted by Crippen LogP contribution is -1.87. The zero-order valence-electron chi connectivity index (χ0n) is 13.5. The summed E-state index contributed by atoms with van der Waals surface area (Å²) in [5.74, 6) is -0.834. The van der Waals surface area contributed by atoms with Gasteiger partial charge < -0.3 is 4.74 Å². The van der Waals surface area contributed by atoms with Crippen LogP contribution in [-0.4, -0.2) is 15.2 Å². The van der Waals surface area contributed by atoms with Crippen molar-refractivity contribution in [3.8, 4) is 11.5 Å². The minimum atomic E-state index is -0.691. The van der Waals surface area contributed by atoms with Crippen LogP contribution in [0.25, 0.3) is 23.1 Å². The Balaban J connectivity index is 1.65. The van der Waals surface area contributed by atoms with Crippen LogP contribution >= 0.6 is 0 Å². The van der Waals surface area contributed by atoms with Gasteiger partial charge >= 0.3 is 0 Å². The molecule has 0 aliphatic rings. The van der Waals surface area contributed by atoms with Crippen molar-refractivity contribution in [1.82, 2.24) is 15.2 Å². The van der Waals surface area contributed by atoms with E-state index in [1.54, 1.807) is 24.4 Å². The van der Waals surface area contributed by atoms with Crippen molar-refractivity contribution in [3.05, 3.63) is 83.8 Å². The third-order valence-corrected chi connectivity index (χ3v) is 3.74. The summed E-state index contributed by atoms with van der Waals surface area (Å²) in [6, 6.07) is 14.0. The second kappa shape index (κ2) is 6.76. The predicted molar refractivity (Wildman–Crippen MR) is 95.7 cm³/mol. The summed E-state index contributed by atoms with van der Waals surface area (Å²) in [7, 11) is 0. The number of aromatic amines is 1. The fourth-order valence-electron chi connectivity index (χ4n) is 2.57. The summed E-state index contributed by atoms with van der Waals surface area (Å²) in [6.45, 7) is 0.